The van der Waals surface area contributed by atoms with Gasteiger partial charge in [-0.05, 0) is 18.4 Å². The summed E-state index contributed by atoms with van der Waals surface area (Å²) in [6.07, 6.45) is 0. The van der Waals surface area contributed by atoms with Crippen LogP contribution >= 0.6 is 11.3 Å². The van der Waals surface area contributed by atoms with Gasteiger partial charge in [-0.1, -0.05) is 6.07 Å². The lowest BCUT2D eigenvalue weighted by molar-refractivity contribution is -0.143. The van der Waals surface area contributed by atoms with Crippen molar-refractivity contribution in [2.75, 3.05) is 20.2 Å². The quantitative estimate of drug-likeness (QED) is 0.741. The lowest BCUT2D eigenvalue weighted by Crippen LogP contribution is -2.32. The maximum absolute atomic E-state index is 11.9. The van der Waals surface area contributed by atoms with Crippen LogP contribution in [0.15, 0.2) is 21.7 Å². The highest BCUT2D eigenvalue weighted by Gasteiger charge is 2.24. The van der Waals surface area contributed by atoms with E-state index in [1.807, 2.05) is 0 Å². The molecular formula is C9H13NO4S2. The molecule has 0 amide bonds. The van der Waals surface area contributed by atoms with Crippen molar-refractivity contribution in [3.05, 3.63) is 17.5 Å². The summed E-state index contributed by atoms with van der Waals surface area (Å²) in [5.74, 6) is -0.551. The number of thiophene rings is 1. The van der Waals surface area contributed by atoms with E-state index in [-0.39, 0.29) is 17.4 Å². The topological polar surface area (TPSA) is 63.7 Å². The molecule has 0 aliphatic carbocycles. The van der Waals surface area contributed by atoms with E-state index in [2.05, 4.69) is 4.74 Å². The van der Waals surface area contributed by atoms with Gasteiger partial charge in [-0.2, -0.15) is 4.31 Å². The maximum Gasteiger partial charge on any atom is 0.321 e. The molecule has 1 rings (SSSR count). The molecule has 0 aromatic carbocycles. The summed E-state index contributed by atoms with van der Waals surface area (Å²) in [7, 11) is -2.20. The molecule has 1 aromatic rings. The fraction of sp³-hybridized carbons (Fsp3) is 0.444. The average molecular weight is 263 g/mol. The third kappa shape index (κ3) is 3.03. The lowest BCUT2D eigenvalue weighted by Gasteiger charge is -2.14. The second-order valence-corrected chi connectivity index (χ2v) is 6.22. The molecule has 1 aromatic heterocycles. The van der Waals surface area contributed by atoms with Gasteiger partial charge in [0.1, 0.15) is 10.8 Å². The molecule has 0 saturated heterocycles. The molecule has 0 N–H and O–H groups in total. The van der Waals surface area contributed by atoms with Crippen molar-refractivity contribution in [2.24, 2.45) is 0 Å². The van der Waals surface area contributed by atoms with E-state index in [4.69, 9.17) is 0 Å². The average Bonchev–Trinajstić information content (AvgIpc) is 2.70. The molecule has 0 atom stereocenters. The second kappa shape index (κ2) is 5.42. The van der Waals surface area contributed by atoms with Gasteiger partial charge in [0.2, 0.25) is 0 Å². The Balaban J connectivity index is 2.74. The van der Waals surface area contributed by atoms with Gasteiger partial charge in [0.05, 0.1) is 6.61 Å². The molecule has 90 valence electrons. The van der Waals surface area contributed by atoms with Crippen molar-refractivity contribution >= 4 is 27.3 Å². The van der Waals surface area contributed by atoms with Crippen LogP contribution in [0.1, 0.15) is 6.92 Å². The summed E-state index contributed by atoms with van der Waals surface area (Å²) in [5.41, 5.74) is 0. The number of nitrogens with zero attached hydrogens (tertiary/aromatic N) is 1. The predicted molar refractivity (Wildman–Crippen MR) is 60.8 cm³/mol. The summed E-state index contributed by atoms with van der Waals surface area (Å²) in [5, 5.41) is 1.67. The third-order valence-corrected chi connectivity index (χ3v) is 4.99. The zero-order chi connectivity index (χ0) is 12.2. The van der Waals surface area contributed by atoms with E-state index in [1.54, 1.807) is 18.4 Å². The standard InChI is InChI=1S/C9H13NO4S2/c1-3-14-8(11)7-10(2)16(12,13)9-5-4-6-15-9/h4-6H,3,7H2,1-2H3. The number of ether oxygens (including phenoxy) is 1. The van der Waals surface area contributed by atoms with Gasteiger partial charge in [-0.3, -0.25) is 4.79 Å². The smallest absolute Gasteiger partial charge is 0.321 e. The summed E-state index contributed by atoms with van der Waals surface area (Å²) in [6.45, 7) is 1.64. The van der Waals surface area contributed by atoms with Crippen LogP contribution in [0.3, 0.4) is 0 Å². The molecule has 0 unspecified atom stereocenters. The van der Waals surface area contributed by atoms with Crippen LogP contribution in [0, 0.1) is 0 Å². The second-order valence-electron chi connectivity index (χ2n) is 3.00. The monoisotopic (exact) mass is 263 g/mol. The fourth-order valence-electron chi connectivity index (χ4n) is 1.04. The Labute approximate surface area is 98.7 Å². The van der Waals surface area contributed by atoms with E-state index < -0.39 is 16.0 Å². The molecule has 0 bridgehead atoms. The minimum atomic E-state index is -3.56. The van der Waals surface area contributed by atoms with Crippen LogP contribution in [-0.4, -0.2) is 38.9 Å². The number of esters is 1. The van der Waals surface area contributed by atoms with Crippen molar-refractivity contribution in [1.82, 2.24) is 4.31 Å². The molecule has 1 heterocycles. The third-order valence-electron chi connectivity index (χ3n) is 1.82. The van der Waals surface area contributed by atoms with Crippen molar-refractivity contribution in [1.29, 1.82) is 0 Å². The number of carbonyl (C=O) groups excluding carboxylic acids is 1. The highest BCUT2D eigenvalue weighted by molar-refractivity contribution is 7.91. The zero-order valence-electron chi connectivity index (χ0n) is 9.04. The van der Waals surface area contributed by atoms with E-state index in [9.17, 15) is 13.2 Å². The number of hydrogen-bond donors (Lipinski definition) is 0. The molecule has 0 saturated carbocycles. The molecular weight excluding hydrogens is 250 g/mol. The van der Waals surface area contributed by atoms with E-state index in [1.165, 1.54) is 13.1 Å². The Hall–Kier alpha value is -0.920. The van der Waals surface area contributed by atoms with Gasteiger partial charge in [0, 0.05) is 7.05 Å². The molecule has 7 heteroatoms. The van der Waals surface area contributed by atoms with Crippen molar-refractivity contribution < 1.29 is 17.9 Å². The normalized spacial score (nSPS) is 11.7. The number of carbonyl (C=O) groups is 1. The minimum Gasteiger partial charge on any atom is -0.465 e. The van der Waals surface area contributed by atoms with Gasteiger partial charge in [0.15, 0.2) is 0 Å². The maximum atomic E-state index is 11.9. The molecule has 0 aliphatic heterocycles. The molecule has 0 fully saturated rings. The van der Waals surface area contributed by atoms with E-state index in [0.717, 1.165) is 15.6 Å². The van der Waals surface area contributed by atoms with E-state index in [0.29, 0.717) is 0 Å². The number of hydrogen-bond acceptors (Lipinski definition) is 5. The van der Waals surface area contributed by atoms with Crippen molar-refractivity contribution in [3.63, 3.8) is 0 Å². The fourth-order valence-corrected chi connectivity index (χ4v) is 3.35. The Kier molecular flexibility index (Phi) is 4.45. The van der Waals surface area contributed by atoms with Crippen LogP contribution in [0.4, 0.5) is 0 Å². The van der Waals surface area contributed by atoms with E-state index >= 15 is 0 Å². The number of sulfonamides is 1. The van der Waals surface area contributed by atoms with Crippen LogP contribution in [0.2, 0.25) is 0 Å². The number of likely N-dealkylation sites (N-methyl/N-ethyl adjacent to an activating group) is 1. The minimum absolute atomic E-state index is 0.222. The molecule has 0 spiro atoms. The largest absolute Gasteiger partial charge is 0.465 e. The molecule has 0 radical (unpaired) electrons. The summed E-state index contributed by atoms with van der Waals surface area (Å²) >= 11 is 1.12. The first-order chi connectivity index (χ1) is 7.48. The Morgan fingerprint density at radius 2 is 2.25 bits per heavy atom. The first kappa shape index (κ1) is 13.1. The van der Waals surface area contributed by atoms with Gasteiger partial charge >= 0.3 is 5.97 Å². The van der Waals surface area contributed by atoms with Gasteiger partial charge < -0.3 is 4.74 Å². The lowest BCUT2D eigenvalue weighted by atomic mass is 10.6. The first-order valence-electron chi connectivity index (χ1n) is 4.64. The predicted octanol–water partition coefficient (Wildman–Crippen LogP) is 0.932. The highest BCUT2D eigenvalue weighted by atomic mass is 32.2. The zero-order valence-corrected chi connectivity index (χ0v) is 10.7. The highest BCUT2D eigenvalue weighted by Crippen LogP contribution is 2.19. The molecule has 0 aliphatic rings. The van der Waals surface area contributed by atoms with Crippen molar-refractivity contribution in [3.8, 4) is 0 Å². The van der Waals surface area contributed by atoms with Gasteiger partial charge in [-0.15, -0.1) is 11.3 Å². The summed E-state index contributed by atoms with van der Waals surface area (Å²) < 4.78 is 29.6. The van der Waals surface area contributed by atoms with Crippen LogP contribution in [-0.2, 0) is 19.6 Å². The Bertz CT molecular complexity index is 438. The first-order valence-corrected chi connectivity index (χ1v) is 6.96. The van der Waals surface area contributed by atoms with Gasteiger partial charge in [-0.25, -0.2) is 8.42 Å². The Morgan fingerprint density at radius 3 is 2.75 bits per heavy atom. The van der Waals surface area contributed by atoms with Crippen molar-refractivity contribution in [2.45, 2.75) is 11.1 Å². The summed E-state index contributed by atoms with van der Waals surface area (Å²) in [4.78, 5) is 11.1. The molecule has 16 heavy (non-hydrogen) atoms. The summed E-state index contributed by atoms with van der Waals surface area (Å²) in [6, 6.07) is 3.15. The van der Waals surface area contributed by atoms with Crippen LogP contribution in [0.25, 0.3) is 0 Å². The van der Waals surface area contributed by atoms with Gasteiger partial charge in [0.25, 0.3) is 10.0 Å². The molecule has 5 nitrogen and oxygen atoms in total. The van der Waals surface area contributed by atoms with Crippen LogP contribution < -0.4 is 0 Å². The van der Waals surface area contributed by atoms with Crippen LogP contribution in [0.5, 0.6) is 0 Å². The Morgan fingerprint density at radius 1 is 1.56 bits per heavy atom. The SMILES string of the molecule is CCOC(=O)CN(C)S(=O)(=O)c1cccs1. The number of rotatable bonds is 5.